The first kappa shape index (κ1) is 13.8. The van der Waals surface area contributed by atoms with Crippen molar-refractivity contribution in [3.8, 4) is 0 Å². The molecular formula is C16H15NO3. The smallest absolute Gasteiger partial charge is 0.221 e. The van der Waals surface area contributed by atoms with Crippen LogP contribution >= 0.6 is 0 Å². The number of benzene rings is 1. The molecule has 4 nitrogen and oxygen atoms in total. The molecule has 102 valence electrons. The van der Waals surface area contributed by atoms with E-state index in [2.05, 4.69) is 5.32 Å². The first-order valence-electron chi connectivity index (χ1n) is 6.21. The molecule has 4 heteroatoms. The van der Waals surface area contributed by atoms with Crippen LogP contribution in [0.1, 0.15) is 28.8 Å². The summed E-state index contributed by atoms with van der Waals surface area (Å²) in [6.45, 7) is 3.25. The third kappa shape index (κ3) is 3.68. The van der Waals surface area contributed by atoms with Gasteiger partial charge in [-0.3, -0.25) is 9.59 Å². The Morgan fingerprint density at radius 1 is 1.10 bits per heavy atom. The molecule has 2 rings (SSSR count). The zero-order valence-corrected chi connectivity index (χ0v) is 11.3. The zero-order chi connectivity index (χ0) is 14.5. The summed E-state index contributed by atoms with van der Waals surface area (Å²) in [5, 5.41) is 2.68. The van der Waals surface area contributed by atoms with Crippen molar-refractivity contribution < 1.29 is 14.0 Å². The van der Waals surface area contributed by atoms with Crippen molar-refractivity contribution in [1.82, 2.24) is 0 Å². The summed E-state index contributed by atoms with van der Waals surface area (Å²) in [6.07, 6.45) is 3.17. The van der Waals surface area contributed by atoms with E-state index in [0.717, 1.165) is 11.3 Å². The van der Waals surface area contributed by atoms with Crippen LogP contribution in [0, 0.1) is 6.92 Å². The van der Waals surface area contributed by atoms with E-state index in [1.807, 2.05) is 12.1 Å². The van der Waals surface area contributed by atoms with Crippen molar-refractivity contribution in [2.75, 3.05) is 5.32 Å². The molecule has 1 heterocycles. The molecule has 0 bridgehead atoms. The fourth-order valence-corrected chi connectivity index (χ4v) is 1.70. The minimum Gasteiger partial charge on any atom is -0.458 e. The van der Waals surface area contributed by atoms with Crippen LogP contribution in [0.2, 0.25) is 0 Å². The topological polar surface area (TPSA) is 59.3 Å². The van der Waals surface area contributed by atoms with Gasteiger partial charge in [0.05, 0.1) is 0 Å². The predicted molar refractivity (Wildman–Crippen MR) is 77.6 cm³/mol. The fourth-order valence-electron chi connectivity index (χ4n) is 1.70. The number of aryl methyl sites for hydroxylation is 1. The molecule has 0 saturated heterocycles. The summed E-state index contributed by atoms with van der Waals surface area (Å²) >= 11 is 0. The van der Waals surface area contributed by atoms with Gasteiger partial charge in [0.25, 0.3) is 0 Å². The van der Waals surface area contributed by atoms with Crippen LogP contribution < -0.4 is 5.32 Å². The van der Waals surface area contributed by atoms with Gasteiger partial charge in [-0.2, -0.15) is 0 Å². The summed E-state index contributed by atoms with van der Waals surface area (Å²) in [6, 6.07) is 10.6. The lowest BCUT2D eigenvalue weighted by Crippen LogP contribution is -2.05. The van der Waals surface area contributed by atoms with Gasteiger partial charge in [0.15, 0.2) is 5.76 Å². The van der Waals surface area contributed by atoms with E-state index in [0.29, 0.717) is 11.5 Å². The van der Waals surface area contributed by atoms with E-state index >= 15 is 0 Å². The lowest BCUT2D eigenvalue weighted by Gasteiger charge is -2.01. The van der Waals surface area contributed by atoms with E-state index in [1.165, 1.54) is 13.0 Å². The van der Waals surface area contributed by atoms with E-state index < -0.39 is 0 Å². The van der Waals surface area contributed by atoms with Gasteiger partial charge in [0.1, 0.15) is 5.76 Å². The third-order valence-corrected chi connectivity index (χ3v) is 2.64. The Hall–Kier alpha value is -2.62. The Bertz CT molecular complexity index is 651. The maximum absolute atomic E-state index is 11.8. The second-order valence-electron chi connectivity index (χ2n) is 4.41. The van der Waals surface area contributed by atoms with E-state index in [-0.39, 0.29) is 11.7 Å². The molecule has 20 heavy (non-hydrogen) atoms. The normalized spacial score (nSPS) is 10.7. The van der Waals surface area contributed by atoms with Crippen molar-refractivity contribution in [2.45, 2.75) is 13.8 Å². The quantitative estimate of drug-likeness (QED) is 0.683. The van der Waals surface area contributed by atoms with Gasteiger partial charge >= 0.3 is 0 Å². The lowest BCUT2D eigenvalue weighted by atomic mass is 10.1. The van der Waals surface area contributed by atoms with Gasteiger partial charge in [0.2, 0.25) is 11.7 Å². The van der Waals surface area contributed by atoms with Crippen LogP contribution in [0.25, 0.3) is 6.08 Å². The van der Waals surface area contributed by atoms with Crippen molar-refractivity contribution >= 4 is 23.5 Å². The van der Waals surface area contributed by atoms with Gasteiger partial charge in [-0.25, -0.2) is 0 Å². The number of hydrogen-bond donors (Lipinski definition) is 1. The molecule has 0 saturated carbocycles. The highest BCUT2D eigenvalue weighted by molar-refractivity contribution is 6.04. The second kappa shape index (κ2) is 6.02. The van der Waals surface area contributed by atoms with Crippen molar-refractivity contribution in [2.24, 2.45) is 0 Å². The standard InChI is InChI=1S/C16H15NO3/c1-11-3-10-16(20-11)15(19)9-6-13-4-7-14(8-5-13)17-12(2)18/h3-10H,1-2H3,(H,17,18)/b9-6-. The maximum atomic E-state index is 11.8. The van der Waals surface area contributed by atoms with Crippen LogP contribution in [0.15, 0.2) is 46.9 Å². The molecule has 1 N–H and O–H groups in total. The maximum Gasteiger partial charge on any atom is 0.221 e. The summed E-state index contributed by atoms with van der Waals surface area (Å²) < 4.78 is 5.25. The number of anilines is 1. The Kier molecular flexibility index (Phi) is 4.15. The second-order valence-corrected chi connectivity index (χ2v) is 4.41. The Morgan fingerprint density at radius 2 is 1.80 bits per heavy atom. The third-order valence-electron chi connectivity index (χ3n) is 2.64. The van der Waals surface area contributed by atoms with Crippen LogP contribution in [0.4, 0.5) is 5.69 Å². The van der Waals surface area contributed by atoms with Crippen LogP contribution in [-0.2, 0) is 4.79 Å². The number of carbonyl (C=O) groups excluding carboxylic acids is 2. The van der Waals surface area contributed by atoms with Crippen LogP contribution in [0.3, 0.4) is 0 Å². The highest BCUT2D eigenvalue weighted by atomic mass is 16.3. The number of rotatable bonds is 4. The Morgan fingerprint density at radius 3 is 2.35 bits per heavy atom. The molecule has 2 aromatic rings. The molecule has 0 atom stereocenters. The van der Waals surface area contributed by atoms with E-state index in [4.69, 9.17) is 4.42 Å². The average molecular weight is 269 g/mol. The van der Waals surface area contributed by atoms with Gasteiger partial charge in [-0.05, 0) is 42.8 Å². The minimum absolute atomic E-state index is 0.114. The summed E-state index contributed by atoms with van der Waals surface area (Å²) in [5.41, 5.74) is 1.60. The molecular weight excluding hydrogens is 254 g/mol. The average Bonchev–Trinajstić information content (AvgIpc) is 2.84. The molecule has 0 unspecified atom stereocenters. The number of carbonyl (C=O) groups is 2. The largest absolute Gasteiger partial charge is 0.458 e. The molecule has 0 aliphatic rings. The van der Waals surface area contributed by atoms with Gasteiger partial charge < -0.3 is 9.73 Å². The molecule has 1 amide bonds. The molecule has 0 spiro atoms. The zero-order valence-electron chi connectivity index (χ0n) is 11.3. The molecule has 1 aromatic carbocycles. The number of amides is 1. The van der Waals surface area contributed by atoms with Crippen LogP contribution in [0.5, 0.6) is 0 Å². The van der Waals surface area contributed by atoms with E-state index in [1.54, 1.807) is 37.3 Å². The Balaban J connectivity index is 2.04. The lowest BCUT2D eigenvalue weighted by molar-refractivity contribution is -0.114. The summed E-state index contributed by atoms with van der Waals surface area (Å²) in [7, 11) is 0. The Labute approximate surface area is 117 Å². The molecule has 0 aliphatic carbocycles. The molecule has 0 aliphatic heterocycles. The number of allylic oxidation sites excluding steroid dienone is 1. The number of furan rings is 1. The number of ketones is 1. The van der Waals surface area contributed by atoms with Crippen LogP contribution in [-0.4, -0.2) is 11.7 Å². The number of hydrogen-bond acceptors (Lipinski definition) is 3. The van der Waals surface area contributed by atoms with Gasteiger partial charge in [0, 0.05) is 12.6 Å². The van der Waals surface area contributed by atoms with Crippen molar-refractivity contribution in [3.63, 3.8) is 0 Å². The molecule has 0 fully saturated rings. The monoisotopic (exact) mass is 269 g/mol. The van der Waals surface area contributed by atoms with Crippen molar-refractivity contribution in [3.05, 3.63) is 59.6 Å². The number of nitrogens with one attached hydrogen (secondary N) is 1. The first-order chi connectivity index (χ1) is 9.54. The first-order valence-corrected chi connectivity index (χ1v) is 6.21. The SMILES string of the molecule is CC(=O)Nc1ccc(/C=C\C(=O)c2ccc(C)o2)cc1. The highest BCUT2D eigenvalue weighted by Crippen LogP contribution is 2.12. The molecule has 1 aromatic heterocycles. The highest BCUT2D eigenvalue weighted by Gasteiger charge is 2.05. The minimum atomic E-state index is -0.177. The summed E-state index contributed by atoms with van der Waals surface area (Å²) in [5.74, 6) is 0.746. The van der Waals surface area contributed by atoms with Crippen molar-refractivity contribution in [1.29, 1.82) is 0 Å². The van der Waals surface area contributed by atoms with Gasteiger partial charge in [-0.1, -0.05) is 18.2 Å². The fraction of sp³-hybridized carbons (Fsp3) is 0.125. The molecule has 0 radical (unpaired) electrons. The summed E-state index contributed by atoms with van der Waals surface area (Å²) in [4.78, 5) is 22.7. The predicted octanol–water partition coefficient (Wildman–Crippen LogP) is 3.44. The van der Waals surface area contributed by atoms with Gasteiger partial charge in [-0.15, -0.1) is 0 Å². The van der Waals surface area contributed by atoms with E-state index in [9.17, 15) is 9.59 Å².